The van der Waals surface area contributed by atoms with Crippen LogP contribution in [0.15, 0.2) is 85.5 Å². The first-order valence-corrected chi connectivity index (χ1v) is 11.8. The summed E-state index contributed by atoms with van der Waals surface area (Å²) >= 11 is 0. The van der Waals surface area contributed by atoms with Crippen molar-refractivity contribution >= 4 is 16.4 Å². The van der Waals surface area contributed by atoms with Crippen LogP contribution >= 0.6 is 0 Å². The van der Waals surface area contributed by atoms with Crippen LogP contribution in [0.1, 0.15) is 22.6 Å². The molecule has 8 nitrogen and oxygen atoms in total. The van der Waals surface area contributed by atoms with E-state index in [1.807, 2.05) is 42.5 Å². The minimum Gasteiger partial charge on any atom is -0.493 e. The van der Waals surface area contributed by atoms with E-state index in [1.165, 1.54) is 0 Å². The minimum absolute atomic E-state index is 0.240. The van der Waals surface area contributed by atoms with E-state index in [9.17, 15) is 0 Å². The molecule has 3 aromatic carbocycles. The van der Waals surface area contributed by atoms with E-state index in [1.54, 1.807) is 37.5 Å². The quantitative estimate of drug-likeness (QED) is 0.318. The highest BCUT2D eigenvalue weighted by atomic mass is 16.5. The third kappa shape index (κ3) is 3.30. The first-order valence-electron chi connectivity index (χ1n) is 11.8. The van der Waals surface area contributed by atoms with E-state index in [0.717, 1.165) is 38.8 Å². The molecule has 0 bridgehead atoms. The second-order valence-corrected chi connectivity index (χ2v) is 8.75. The lowest BCUT2D eigenvalue weighted by atomic mass is 9.81. The zero-order valence-corrected chi connectivity index (χ0v) is 20.1. The predicted octanol–water partition coefficient (Wildman–Crippen LogP) is 5.64. The molecule has 1 aliphatic heterocycles. The zero-order chi connectivity index (χ0) is 24.9. The van der Waals surface area contributed by atoms with Crippen LogP contribution in [0.5, 0.6) is 23.1 Å². The molecular weight excluding hydrogens is 466 g/mol. The fraction of sp³-hybridized carbons (Fsp3) is 0.103. The van der Waals surface area contributed by atoms with Crippen LogP contribution in [0.2, 0.25) is 0 Å². The van der Waals surface area contributed by atoms with Gasteiger partial charge in [-0.2, -0.15) is 0 Å². The molecule has 7 rings (SSSR count). The fourth-order valence-electron chi connectivity index (χ4n) is 5.09. The summed E-state index contributed by atoms with van der Waals surface area (Å²) in [7, 11) is 3.27. The molecule has 3 aromatic heterocycles. The number of pyridine rings is 1. The van der Waals surface area contributed by atoms with Gasteiger partial charge in [0.15, 0.2) is 23.0 Å². The molecule has 0 saturated heterocycles. The van der Waals surface area contributed by atoms with E-state index in [4.69, 9.17) is 24.3 Å². The molecule has 0 N–H and O–H groups in total. The first-order chi connectivity index (χ1) is 18.2. The Morgan fingerprint density at radius 3 is 2.54 bits per heavy atom. The minimum atomic E-state index is -0.240. The number of hydrogen-bond acceptors (Lipinski definition) is 7. The van der Waals surface area contributed by atoms with Crippen molar-refractivity contribution in [1.29, 1.82) is 0 Å². The third-order valence-electron chi connectivity index (χ3n) is 6.78. The third-order valence-corrected chi connectivity index (χ3v) is 6.78. The van der Waals surface area contributed by atoms with Gasteiger partial charge in [0.05, 0.1) is 19.8 Å². The highest BCUT2D eigenvalue weighted by molar-refractivity contribution is 5.91. The van der Waals surface area contributed by atoms with Gasteiger partial charge in [-0.15, -0.1) is 5.10 Å². The van der Waals surface area contributed by atoms with Crippen molar-refractivity contribution in [3.63, 3.8) is 0 Å². The van der Waals surface area contributed by atoms with Crippen LogP contribution in [-0.2, 0) is 0 Å². The van der Waals surface area contributed by atoms with Crippen molar-refractivity contribution in [3.05, 3.63) is 102 Å². The summed E-state index contributed by atoms with van der Waals surface area (Å²) in [5.41, 5.74) is 4.43. The number of ether oxygens (including phenoxy) is 3. The number of fused-ring (bicyclic) bond motifs is 6. The molecule has 37 heavy (non-hydrogen) atoms. The van der Waals surface area contributed by atoms with E-state index < -0.39 is 0 Å². The molecule has 0 radical (unpaired) electrons. The highest BCUT2D eigenvalue weighted by Crippen LogP contribution is 2.51. The van der Waals surface area contributed by atoms with Crippen LogP contribution in [-0.4, -0.2) is 38.8 Å². The standard InChI is InChI=1S/C29H21N5O3/c1-35-21-9-8-19(15-23(21)36-2)24-25-20-6-4-3-5-17(20)7-10-22(25)37-29-26(24)28-32-27(33-34(28)16-31-29)18-11-13-30-14-12-18/h3-16,24H,1-2H3/t24-/m1/s1. The molecule has 8 heteroatoms. The largest absolute Gasteiger partial charge is 0.493 e. The Hall–Kier alpha value is -4.98. The molecule has 0 unspecified atom stereocenters. The molecule has 4 heterocycles. The van der Waals surface area contributed by atoms with E-state index in [-0.39, 0.29) is 5.92 Å². The van der Waals surface area contributed by atoms with Crippen LogP contribution in [0.4, 0.5) is 0 Å². The predicted molar refractivity (Wildman–Crippen MR) is 139 cm³/mol. The van der Waals surface area contributed by atoms with Gasteiger partial charge in [0.1, 0.15) is 12.1 Å². The Morgan fingerprint density at radius 2 is 1.70 bits per heavy atom. The average molecular weight is 488 g/mol. The van der Waals surface area contributed by atoms with Crippen molar-refractivity contribution in [3.8, 4) is 34.5 Å². The van der Waals surface area contributed by atoms with Crippen molar-refractivity contribution in [2.45, 2.75) is 5.92 Å². The summed E-state index contributed by atoms with van der Waals surface area (Å²) in [5, 5.41) is 6.93. The van der Waals surface area contributed by atoms with Gasteiger partial charge in [-0.05, 0) is 46.7 Å². The summed E-state index contributed by atoms with van der Waals surface area (Å²) in [4.78, 5) is 13.7. The van der Waals surface area contributed by atoms with Crippen molar-refractivity contribution < 1.29 is 14.2 Å². The second-order valence-electron chi connectivity index (χ2n) is 8.75. The highest BCUT2D eigenvalue weighted by Gasteiger charge is 2.35. The molecule has 0 aliphatic carbocycles. The van der Waals surface area contributed by atoms with Gasteiger partial charge in [0.2, 0.25) is 5.88 Å². The molecule has 0 saturated carbocycles. The summed E-state index contributed by atoms with van der Waals surface area (Å²) in [6.07, 6.45) is 5.10. The Labute approximate surface area is 212 Å². The van der Waals surface area contributed by atoms with Crippen LogP contribution < -0.4 is 14.2 Å². The summed E-state index contributed by atoms with van der Waals surface area (Å²) in [6, 6.07) is 22.1. The molecule has 0 amide bonds. The summed E-state index contributed by atoms with van der Waals surface area (Å²) in [5.74, 6) is 2.92. The lowest BCUT2D eigenvalue weighted by molar-refractivity contribution is 0.354. The Kier molecular flexibility index (Phi) is 4.78. The van der Waals surface area contributed by atoms with E-state index in [2.05, 4.69) is 34.2 Å². The summed E-state index contributed by atoms with van der Waals surface area (Å²) < 4.78 is 19.3. The van der Waals surface area contributed by atoms with Gasteiger partial charge >= 0.3 is 0 Å². The number of aromatic nitrogens is 5. The number of methoxy groups -OCH3 is 2. The van der Waals surface area contributed by atoms with Crippen molar-refractivity contribution in [2.24, 2.45) is 0 Å². The normalized spacial score (nSPS) is 14.2. The SMILES string of the molecule is COc1ccc([C@@H]2c3c(ccc4ccccc34)Oc3ncn4nc(-c5ccncc5)nc4c32)cc1OC. The molecule has 0 fully saturated rings. The lowest BCUT2D eigenvalue weighted by Crippen LogP contribution is -2.15. The Balaban J connectivity index is 1.54. The van der Waals surface area contributed by atoms with Gasteiger partial charge in [-0.25, -0.2) is 14.5 Å². The van der Waals surface area contributed by atoms with Crippen LogP contribution in [0.25, 0.3) is 27.8 Å². The maximum atomic E-state index is 6.40. The topological polar surface area (TPSA) is 83.7 Å². The smallest absolute Gasteiger partial charge is 0.228 e. The van der Waals surface area contributed by atoms with Crippen LogP contribution in [0, 0.1) is 0 Å². The van der Waals surface area contributed by atoms with Crippen LogP contribution in [0.3, 0.4) is 0 Å². The zero-order valence-electron chi connectivity index (χ0n) is 20.1. The second kappa shape index (κ2) is 8.30. The number of rotatable bonds is 4. The average Bonchev–Trinajstić information content (AvgIpc) is 3.41. The first kappa shape index (κ1) is 21.3. The van der Waals surface area contributed by atoms with Crippen molar-refractivity contribution in [1.82, 2.24) is 24.6 Å². The molecule has 1 aliphatic rings. The van der Waals surface area contributed by atoms with E-state index >= 15 is 0 Å². The molecule has 0 spiro atoms. The molecular formula is C29H21N5O3. The van der Waals surface area contributed by atoms with Gasteiger partial charge in [0, 0.05) is 29.4 Å². The number of nitrogens with zero attached hydrogens (tertiary/aromatic N) is 5. The Morgan fingerprint density at radius 1 is 0.865 bits per heavy atom. The molecule has 6 aromatic rings. The fourth-order valence-corrected chi connectivity index (χ4v) is 5.09. The van der Waals surface area contributed by atoms with Crippen molar-refractivity contribution in [2.75, 3.05) is 14.2 Å². The van der Waals surface area contributed by atoms with Gasteiger partial charge in [0.25, 0.3) is 0 Å². The number of benzene rings is 3. The number of hydrogen-bond donors (Lipinski definition) is 0. The summed E-state index contributed by atoms with van der Waals surface area (Å²) in [6.45, 7) is 0. The lowest BCUT2D eigenvalue weighted by Gasteiger charge is -2.29. The van der Waals surface area contributed by atoms with Gasteiger partial charge in [-0.3, -0.25) is 4.98 Å². The van der Waals surface area contributed by atoms with Gasteiger partial charge < -0.3 is 14.2 Å². The maximum Gasteiger partial charge on any atom is 0.228 e. The Bertz CT molecular complexity index is 1800. The molecule has 1 atom stereocenters. The van der Waals surface area contributed by atoms with E-state index in [0.29, 0.717) is 28.9 Å². The van der Waals surface area contributed by atoms with Gasteiger partial charge in [-0.1, -0.05) is 36.4 Å². The molecule has 180 valence electrons. The monoisotopic (exact) mass is 487 g/mol. The maximum absolute atomic E-state index is 6.40.